The van der Waals surface area contributed by atoms with Crippen LogP contribution in [-0.4, -0.2) is 34.8 Å². The molecule has 0 aliphatic carbocycles. The average molecular weight is 667 g/mol. The summed E-state index contributed by atoms with van der Waals surface area (Å²) >= 11 is 0. The number of carbonyl (C=O) groups excluding carboxylic acids is 1. The van der Waals surface area contributed by atoms with E-state index in [1.807, 2.05) is 0 Å². The Balaban J connectivity index is 0.000000715. The zero-order valence-electron chi connectivity index (χ0n) is 25.1. The number of halogens is 4. The highest BCUT2D eigenvalue weighted by Crippen LogP contribution is 2.24. The lowest BCUT2D eigenvalue weighted by atomic mass is 10.2. The van der Waals surface area contributed by atoms with Crippen LogP contribution in [0, 0.1) is 43.5 Å². The largest absolute Gasteiger partial charge is 0.450 e. The summed E-state index contributed by atoms with van der Waals surface area (Å²) in [6.45, 7) is 2.57. The van der Waals surface area contributed by atoms with Gasteiger partial charge in [-0.05, 0) is 55.0 Å². The second kappa shape index (κ2) is 20.9. The lowest BCUT2D eigenvalue weighted by Gasteiger charge is -2.11. The van der Waals surface area contributed by atoms with Gasteiger partial charge in [-0.25, -0.2) is 18.0 Å². The molecule has 0 unspecified atom stereocenters. The summed E-state index contributed by atoms with van der Waals surface area (Å²) in [5, 5.41) is 32.9. The number of ether oxygens (including phenoxy) is 1. The number of nitrogens with two attached hydrogens (primary N) is 2. The second-order valence-electron chi connectivity index (χ2n) is 8.44. The molecule has 0 bridgehead atoms. The van der Waals surface area contributed by atoms with Crippen molar-refractivity contribution in [2.75, 3.05) is 35.8 Å². The van der Waals surface area contributed by atoms with Crippen molar-refractivity contribution in [1.29, 1.82) is 0 Å². The molecule has 18 heteroatoms. The predicted octanol–water partition coefficient (Wildman–Crippen LogP) is 6.55. The van der Waals surface area contributed by atoms with Crippen LogP contribution >= 0.6 is 0 Å². The van der Waals surface area contributed by atoms with Gasteiger partial charge in [0, 0.05) is 43.6 Å². The van der Waals surface area contributed by atoms with E-state index in [1.54, 1.807) is 37.3 Å². The average Bonchev–Trinajstić information content (AvgIpc) is 2.99. The summed E-state index contributed by atoms with van der Waals surface area (Å²) in [6, 6.07) is 16.5. The number of hydrogen-bond donors (Lipinski definition) is 6. The van der Waals surface area contributed by atoms with E-state index in [4.69, 9.17) is 21.3 Å². The topological polar surface area (TPSA) is 244 Å². The zero-order chi connectivity index (χ0) is 34.8. The van der Waals surface area contributed by atoms with Crippen LogP contribution in [0.4, 0.5) is 56.5 Å². The lowest BCUT2D eigenvalue weighted by Crippen LogP contribution is -2.14. The van der Waals surface area contributed by atoms with Gasteiger partial charge in [-0.1, -0.05) is 12.1 Å². The number of nitro groups is 2. The number of amides is 1. The minimum absolute atomic E-state index is 0. The van der Waals surface area contributed by atoms with Crippen molar-refractivity contribution in [3.63, 3.8) is 0 Å². The first-order chi connectivity index (χ1) is 21.8. The summed E-state index contributed by atoms with van der Waals surface area (Å²) in [5.74, 6) is -2.82. The van der Waals surface area contributed by atoms with E-state index in [9.17, 15) is 42.6 Å². The Bertz CT molecular complexity index is 1550. The fourth-order valence-corrected chi connectivity index (χ4v) is 3.19. The molecule has 0 atom stereocenters. The Morgan fingerprint density at radius 1 is 0.787 bits per heavy atom. The maximum Gasteiger partial charge on any atom is 0.411 e. The highest BCUT2D eigenvalue weighted by atomic mass is 19.1. The Morgan fingerprint density at radius 2 is 1.32 bits per heavy atom. The van der Waals surface area contributed by atoms with E-state index in [0.717, 1.165) is 48.7 Å². The van der Waals surface area contributed by atoms with Gasteiger partial charge in [-0.2, -0.15) is 4.39 Å². The molecule has 0 fully saturated rings. The molecule has 0 saturated carbocycles. The molecule has 0 saturated heterocycles. The number of nitrogens with one attached hydrogen (secondary N) is 2. The van der Waals surface area contributed by atoms with Crippen LogP contribution in [0.5, 0.6) is 0 Å². The number of aliphatic hydroxyl groups excluding tert-OH is 1. The molecule has 0 aromatic heterocycles. The van der Waals surface area contributed by atoms with Crippen LogP contribution in [0.25, 0.3) is 0 Å². The number of nitrogens with zero attached hydrogens (tertiary/aromatic N) is 2. The highest BCUT2D eigenvalue weighted by molar-refractivity contribution is 5.89. The van der Waals surface area contributed by atoms with Crippen molar-refractivity contribution in [3.05, 3.63) is 128 Å². The molecule has 0 aliphatic rings. The maximum absolute atomic E-state index is 12.8. The molecular formula is C29H33F4N7O7. The molecule has 0 aliphatic heterocycles. The Labute approximate surface area is 265 Å². The summed E-state index contributed by atoms with van der Waals surface area (Å²) in [5.41, 5.74) is 12.6. The van der Waals surface area contributed by atoms with Crippen LogP contribution in [0.15, 0.2) is 78.9 Å². The Kier molecular flexibility index (Phi) is 18.2. The van der Waals surface area contributed by atoms with Crippen LogP contribution in [0.3, 0.4) is 0 Å². The predicted molar refractivity (Wildman–Crippen MR) is 169 cm³/mol. The third-order valence-electron chi connectivity index (χ3n) is 5.27. The van der Waals surface area contributed by atoms with Crippen molar-refractivity contribution in [3.8, 4) is 0 Å². The smallest absolute Gasteiger partial charge is 0.411 e. The van der Waals surface area contributed by atoms with Gasteiger partial charge in [0.1, 0.15) is 23.1 Å². The molecule has 0 heterocycles. The molecule has 254 valence electrons. The summed E-state index contributed by atoms with van der Waals surface area (Å²) < 4.78 is 54.5. The van der Waals surface area contributed by atoms with Gasteiger partial charge in [-0.15, -0.1) is 0 Å². The number of benzene rings is 4. The van der Waals surface area contributed by atoms with Crippen molar-refractivity contribution in [2.45, 2.75) is 13.5 Å². The molecule has 1 amide bonds. The summed E-state index contributed by atoms with van der Waals surface area (Å²) in [4.78, 5) is 29.9. The second-order valence-corrected chi connectivity index (χ2v) is 8.44. The zero-order valence-corrected chi connectivity index (χ0v) is 25.1. The first-order valence-corrected chi connectivity index (χ1v) is 12.9. The van der Waals surface area contributed by atoms with E-state index in [0.29, 0.717) is 30.6 Å². The monoisotopic (exact) mass is 666 g/mol. The molecule has 4 aromatic rings. The van der Waals surface area contributed by atoms with Gasteiger partial charge in [0.05, 0.1) is 27.8 Å². The number of aliphatic hydroxyl groups is 1. The van der Waals surface area contributed by atoms with Gasteiger partial charge in [-0.3, -0.25) is 25.5 Å². The quantitative estimate of drug-likeness (QED) is 0.0534. The third-order valence-corrected chi connectivity index (χ3v) is 5.27. The van der Waals surface area contributed by atoms with Crippen molar-refractivity contribution in [1.82, 2.24) is 6.15 Å². The lowest BCUT2D eigenvalue weighted by molar-refractivity contribution is -0.387. The normalized spacial score (nSPS) is 9.34. The van der Waals surface area contributed by atoms with E-state index < -0.39 is 39.1 Å². The molecule has 0 spiro atoms. The van der Waals surface area contributed by atoms with Gasteiger partial charge in [0.25, 0.3) is 5.69 Å². The summed E-state index contributed by atoms with van der Waals surface area (Å²) in [7, 11) is 1.00. The number of hydrogen-bond acceptors (Lipinski definition) is 11. The molecule has 0 radical (unpaired) electrons. The molecule has 4 rings (SSSR count). The van der Waals surface area contributed by atoms with E-state index in [-0.39, 0.29) is 23.3 Å². The first kappa shape index (κ1) is 41.0. The van der Waals surface area contributed by atoms with Crippen LogP contribution in [0.1, 0.15) is 12.5 Å². The fourth-order valence-electron chi connectivity index (χ4n) is 3.19. The molecular weight excluding hydrogens is 633 g/mol. The summed E-state index contributed by atoms with van der Waals surface area (Å²) in [6.07, 6.45) is -0.541. The van der Waals surface area contributed by atoms with E-state index >= 15 is 0 Å². The van der Waals surface area contributed by atoms with Crippen molar-refractivity contribution >= 4 is 40.2 Å². The van der Waals surface area contributed by atoms with Crippen molar-refractivity contribution in [2.24, 2.45) is 0 Å². The molecule has 14 nitrogen and oxygen atoms in total. The number of nitrogen functional groups attached to an aromatic ring is 2. The molecule has 10 N–H and O–H groups in total. The fraction of sp³-hybridized carbons (Fsp3) is 0.138. The van der Waals surface area contributed by atoms with Crippen LogP contribution in [0.2, 0.25) is 0 Å². The Morgan fingerprint density at radius 3 is 1.81 bits per heavy atom. The maximum atomic E-state index is 12.8. The minimum atomic E-state index is -1.16. The Hall–Kier alpha value is -6.01. The standard InChI is InChI=1S/C16H18FN3O2.C6H3F2NO2.C6H5FN2O2.CH4O.H3N/c1-2-22-16(21)20-15-8-7-13(9-14(15)18)19-10-11-3-5-12(17)6-4-11;2*7-4-1-2-6(9(10)11)5(8)3-4;1-2;/h3-9,19H,2,10,18H2,1H3,(H,20,21);1-3H;1-3H,8H2;2H,1H3;1H3/i17-1;;;;. The van der Waals surface area contributed by atoms with E-state index in [2.05, 4.69) is 10.6 Å². The number of anilines is 4. The van der Waals surface area contributed by atoms with Gasteiger partial charge < -0.3 is 32.8 Å². The van der Waals surface area contributed by atoms with Gasteiger partial charge in [0.15, 0.2) is 0 Å². The minimum Gasteiger partial charge on any atom is -0.450 e. The van der Waals surface area contributed by atoms with Crippen LogP contribution in [-0.2, 0) is 11.3 Å². The van der Waals surface area contributed by atoms with Gasteiger partial charge in [0.2, 0.25) is 5.82 Å². The number of rotatable bonds is 7. The van der Waals surface area contributed by atoms with E-state index in [1.165, 1.54) is 12.1 Å². The SMILES string of the molecule is CCOC(=O)Nc1ccc(NCc2ccc([18F])cc2)cc1N.CO.N.Nc1cc(F)ccc1[N+](=O)[O-].O=[N+]([O-])c1ccc(F)cc1F. The molecule has 4 aromatic carbocycles. The number of carbonyl (C=O) groups is 1. The van der Waals surface area contributed by atoms with Crippen LogP contribution < -0.4 is 28.3 Å². The number of nitro benzene ring substituents is 2. The third kappa shape index (κ3) is 14.5. The molecule has 47 heavy (non-hydrogen) atoms. The first-order valence-electron chi connectivity index (χ1n) is 12.9. The van der Waals surface area contributed by atoms with Crippen molar-refractivity contribution < 1.29 is 42.0 Å². The van der Waals surface area contributed by atoms with Gasteiger partial charge >= 0.3 is 11.8 Å². The highest BCUT2D eigenvalue weighted by Gasteiger charge is 2.13.